The SMILES string of the molecule is O=C(NC[C@@H](CCO)c1ccccc1)c1cc(F)c(F)c(F)c1. The highest BCUT2D eigenvalue weighted by Crippen LogP contribution is 2.19. The first-order valence-corrected chi connectivity index (χ1v) is 7.11. The molecule has 0 aliphatic carbocycles. The molecule has 2 N–H and O–H groups in total. The minimum absolute atomic E-state index is 0.0603. The van der Waals surface area contributed by atoms with E-state index in [-0.39, 0.29) is 24.6 Å². The minimum atomic E-state index is -1.61. The summed E-state index contributed by atoms with van der Waals surface area (Å²) in [6.07, 6.45) is 0.427. The number of aliphatic hydroxyl groups is 1. The molecule has 0 saturated heterocycles. The Balaban J connectivity index is 2.07. The van der Waals surface area contributed by atoms with Gasteiger partial charge in [0.25, 0.3) is 5.91 Å². The molecule has 3 nitrogen and oxygen atoms in total. The normalized spacial score (nSPS) is 12.0. The highest BCUT2D eigenvalue weighted by Gasteiger charge is 2.17. The molecule has 0 aliphatic rings. The zero-order valence-corrected chi connectivity index (χ0v) is 12.2. The van der Waals surface area contributed by atoms with Gasteiger partial charge in [0.15, 0.2) is 17.5 Å². The number of amides is 1. The molecule has 0 bridgehead atoms. The van der Waals surface area contributed by atoms with E-state index in [0.717, 1.165) is 5.56 Å². The highest BCUT2D eigenvalue weighted by molar-refractivity contribution is 5.94. The lowest BCUT2D eigenvalue weighted by molar-refractivity contribution is 0.0948. The highest BCUT2D eigenvalue weighted by atomic mass is 19.2. The molecular weight excluding hydrogens is 307 g/mol. The number of hydrogen-bond donors (Lipinski definition) is 2. The topological polar surface area (TPSA) is 49.3 Å². The molecule has 2 aromatic rings. The fraction of sp³-hybridized carbons (Fsp3) is 0.235. The summed E-state index contributed by atoms with van der Waals surface area (Å²) < 4.78 is 39.2. The third kappa shape index (κ3) is 4.32. The van der Waals surface area contributed by atoms with Crippen molar-refractivity contribution in [2.24, 2.45) is 0 Å². The molecule has 0 aromatic heterocycles. The van der Waals surface area contributed by atoms with E-state index < -0.39 is 23.4 Å². The molecule has 0 radical (unpaired) electrons. The summed E-state index contributed by atoms with van der Waals surface area (Å²) in [5, 5.41) is 11.7. The fourth-order valence-electron chi connectivity index (χ4n) is 2.27. The van der Waals surface area contributed by atoms with Crippen LogP contribution in [-0.2, 0) is 0 Å². The Labute approximate surface area is 131 Å². The lowest BCUT2D eigenvalue weighted by Crippen LogP contribution is -2.29. The number of rotatable bonds is 6. The summed E-state index contributed by atoms with van der Waals surface area (Å²) in [4.78, 5) is 12.0. The molecule has 1 atom stereocenters. The summed E-state index contributed by atoms with van der Waals surface area (Å²) in [5.41, 5.74) is 0.635. The van der Waals surface area contributed by atoms with Gasteiger partial charge in [0.05, 0.1) is 0 Å². The van der Waals surface area contributed by atoms with E-state index in [1.807, 2.05) is 30.3 Å². The third-order valence-electron chi connectivity index (χ3n) is 3.50. The van der Waals surface area contributed by atoms with Gasteiger partial charge >= 0.3 is 0 Å². The van der Waals surface area contributed by atoms with Crippen molar-refractivity contribution in [2.75, 3.05) is 13.2 Å². The van der Waals surface area contributed by atoms with Crippen LogP contribution in [-0.4, -0.2) is 24.2 Å². The summed E-state index contributed by atoms with van der Waals surface area (Å²) in [6, 6.07) is 10.6. The van der Waals surface area contributed by atoms with Crippen LogP contribution < -0.4 is 5.32 Å². The summed E-state index contributed by atoms with van der Waals surface area (Å²) in [5.74, 6) is -5.28. The Hall–Kier alpha value is -2.34. The smallest absolute Gasteiger partial charge is 0.251 e. The second-order valence-electron chi connectivity index (χ2n) is 5.08. The Bertz CT molecular complexity index is 654. The van der Waals surface area contributed by atoms with Crippen molar-refractivity contribution in [3.8, 4) is 0 Å². The van der Waals surface area contributed by atoms with Crippen molar-refractivity contribution in [1.82, 2.24) is 5.32 Å². The Morgan fingerprint density at radius 2 is 1.70 bits per heavy atom. The molecule has 122 valence electrons. The average molecular weight is 323 g/mol. The number of carbonyl (C=O) groups is 1. The van der Waals surface area contributed by atoms with Crippen molar-refractivity contribution in [1.29, 1.82) is 0 Å². The van der Waals surface area contributed by atoms with E-state index in [9.17, 15) is 18.0 Å². The maximum atomic E-state index is 13.2. The number of hydrogen-bond acceptors (Lipinski definition) is 2. The number of benzene rings is 2. The molecule has 0 spiro atoms. The predicted molar refractivity (Wildman–Crippen MR) is 79.5 cm³/mol. The predicted octanol–water partition coefficient (Wildman–Crippen LogP) is 3.00. The lowest BCUT2D eigenvalue weighted by atomic mass is 9.96. The van der Waals surface area contributed by atoms with E-state index in [0.29, 0.717) is 18.6 Å². The van der Waals surface area contributed by atoms with Crippen LogP contribution in [0.1, 0.15) is 28.3 Å². The Kier molecular flexibility index (Phi) is 5.76. The first-order valence-electron chi connectivity index (χ1n) is 7.11. The van der Waals surface area contributed by atoms with Crippen LogP contribution in [0.3, 0.4) is 0 Å². The molecule has 0 heterocycles. The van der Waals surface area contributed by atoms with Gasteiger partial charge in [-0.3, -0.25) is 4.79 Å². The minimum Gasteiger partial charge on any atom is -0.396 e. The molecule has 0 fully saturated rings. The molecular formula is C17H16F3NO2. The van der Waals surface area contributed by atoms with Gasteiger partial charge in [0.1, 0.15) is 0 Å². The first-order chi connectivity index (χ1) is 11.0. The van der Waals surface area contributed by atoms with Gasteiger partial charge in [-0.15, -0.1) is 0 Å². The number of halogens is 3. The van der Waals surface area contributed by atoms with Gasteiger partial charge in [-0.2, -0.15) is 0 Å². The molecule has 1 amide bonds. The van der Waals surface area contributed by atoms with E-state index in [4.69, 9.17) is 5.11 Å². The molecule has 2 rings (SSSR count). The van der Waals surface area contributed by atoms with Crippen LogP contribution in [0.4, 0.5) is 13.2 Å². The van der Waals surface area contributed by atoms with Gasteiger partial charge in [0, 0.05) is 24.6 Å². The van der Waals surface area contributed by atoms with E-state index >= 15 is 0 Å². The maximum Gasteiger partial charge on any atom is 0.251 e. The standard InChI is InChI=1S/C17H16F3NO2/c18-14-8-13(9-15(19)16(14)20)17(23)21-10-12(6-7-22)11-4-2-1-3-5-11/h1-5,8-9,12,22H,6-7,10H2,(H,21,23)/t12-/m1/s1. The fourth-order valence-corrected chi connectivity index (χ4v) is 2.27. The zero-order chi connectivity index (χ0) is 16.8. The first kappa shape index (κ1) is 17.0. The third-order valence-corrected chi connectivity index (χ3v) is 3.50. The maximum absolute atomic E-state index is 13.2. The number of nitrogens with one attached hydrogen (secondary N) is 1. The quantitative estimate of drug-likeness (QED) is 0.803. The molecule has 0 saturated carbocycles. The van der Waals surface area contributed by atoms with Crippen molar-refractivity contribution in [3.05, 3.63) is 71.0 Å². The van der Waals surface area contributed by atoms with Gasteiger partial charge in [-0.25, -0.2) is 13.2 Å². The van der Waals surface area contributed by atoms with Gasteiger partial charge < -0.3 is 10.4 Å². The van der Waals surface area contributed by atoms with Crippen LogP contribution in [0.25, 0.3) is 0 Å². The van der Waals surface area contributed by atoms with E-state index in [1.54, 1.807) is 0 Å². The van der Waals surface area contributed by atoms with Crippen LogP contribution in [0, 0.1) is 17.5 Å². The second kappa shape index (κ2) is 7.78. The Morgan fingerprint density at radius 1 is 1.09 bits per heavy atom. The monoisotopic (exact) mass is 323 g/mol. The second-order valence-corrected chi connectivity index (χ2v) is 5.08. The average Bonchev–Trinajstić information content (AvgIpc) is 2.56. The van der Waals surface area contributed by atoms with Gasteiger partial charge in [-0.05, 0) is 24.1 Å². The van der Waals surface area contributed by atoms with Crippen molar-refractivity contribution in [3.63, 3.8) is 0 Å². The summed E-state index contributed by atoms with van der Waals surface area (Å²) in [6.45, 7) is 0.124. The number of aliphatic hydroxyl groups excluding tert-OH is 1. The molecule has 0 unspecified atom stereocenters. The zero-order valence-electron chi connectivity index (χ0n) is 12.2. The summed E-state index contributed by atoms with van der Waals surface area (Å²) in [7, 11) is 0. The van der Waals surface area contributed by atoms with Crippen molar-refractivity contribution >= 4 is 5.91 Å². The van der Waals surface area contributed by atoms with Crippen LogP contribution >= 0.6 is 0 Å². The van der Waals surface area contributed by atoms with E-state index in [2.05, 4.69) is 5.32 Å². The molecule has 23 heavy (non-hydrogen) atoms. The van der Waals surface area contributed by atoms with Gasteiger partial charge in [0.2, 0.25) is 0 Å². The Morgan fingerprint density at radius 3 is 2.26 bits per heavy atom. The molecule has 6 heteroatoms. The van der Waals surface area contributed by atoms with Gasteiger partial charge in [-0.1, -0.05) is 30.3 Å². The number of carbonyl (C=O) groups excluding carboxylic acids is 1. The molecule has 2 aromatic carbocycles. The van der Waals surface area contributed by atoms with Crippen molar-refractivity contribution < 1.29 is 23.1 Å². The van der Waals surface area contributed by atoms with Crippen molar-refractivity contribution in [2.45, 2.75) is 12.3 Å². The van der Waals surface area contributed by atoms with Crippen LogP contribution in [0.2, 0.25) is 0 Å². The van der Waals surface area contributed by atoms with Crippen LogP contribution in [0.5, 0.6) is 0 Å². The van der Waals surface area contributed by atoms with Crippen LogP contribution in [0.15, 0.2) is 42.5 Å². The summed E-state index contributed by atoms with van der Waals surface area (Å²) >= 11 is 0. The largest absolute Gasteiger partial charge is 0.396 e. The lowest BCUT2D eigenvalue weighted by Gasteiger charge is -2.17. The molecule has 0 aliphatic heterocycles. The van der Waals surface area contributed by atoms with E-state index in [1.165, 1.54) is 0 Å².